The van der Waals surface area contributed by atoms with Crippen molar-refractivity contribution < 1.29 is 4.79 Å². The topological polar surface area (TPSA) is 59.3 Å². The molecule has 0 saturated heterocycles. The molecule has 0 aliphatic rings. The summed E-state index contributed by atoms with van der Waals surface area (Å²) in [7, 11) is 0. The molecule has 160 valence electrons. The Morgan fingerprint density at radius 2 is 1.81 bits per heavy atom. The largest absolute Gasteiger partial charge is 0.325 e. The Morgan fingerprint density at radius 3 is 2.55 bits per heavy atom. The zero-order chi connectivity index (χ0) is 22.3. The van der Waals surface area contributed by atoms with Gasteiger partial charge in [-0.1, -0.05) is 42.4 Å². The molecule has 4 aromatic rings. The van der Waals surface area contributed by atoms with Gasteiger partial charge in [-0.25, -0.2) is 0 Å². The van der Waals surface area contributed by atoms with Gasteiger partial charge in [0.15, 0.2) is 10.8 Å². The van der Waals surface area contributed by atoms with E-state index < -0.39 is 0 Å². The van der Waals surface area contributed by atoms with Crippen LogP contribution >= 0.6 is 11.8 Å². The van der Waals surface area contributed by atoms with Gasteiger partial charge in [-0.3, -0.25) is 9.20 Å². The first-order chi connectivity index (χ1) is 14.8. The Hall–Kier alpha value is -2.86. The molecule has 31 heavy (non-hydrogen) atoms. The van der Waals surface area contributed by atoms with E-state index in [0.29, 0.717) is 6.42 Å². The van der Waals surface area contributed by atoms with Crippen LogP contribution in [0, 0.1) is 34.6 Å². The molecule has 0 aliphatic heterocycles. The summed E-state index contributed by atoms with van der Waals surface area (Å²) in [5.74, 6) is -0.0121. The summed E-state index contributed by atoms with van der Waals surface area (Å²) in [5.41, 5.74) is 8.63. The number of fused-ring (bicyclic) bond motifs is 3. The Balaban J connectivity index is 1.72. The number of thioether (sulfide) groups is 1. The average molecular weight is 433 g/mol. The lowest BCUT2D eigenvalue weighted by Gasteiger charge is -2.17. The van der Waals surface area contributed by atoms with Gasteiger partial charge in [0.2, 0.25) is 5.91 Å². The molecule has 5 nitrogen and oxygen atoms in total. The van der Waals surface area contributed by atoms with Crippen molar-refractivity contribution in [3.63, 3.8) is 0 Å². The lowest BCUT2D eigenvalue weighted by Crippen LogP contribution is -2.25. The van der Waals surface area contributed by atoms with Gasteiger partial charge in [-0.15, -0.1) is 10.2 Å². The van der Waals surface area contributed by atoms with Crippen LogP contribution in [0.1, 0.15) is 41.2 Å². The summed E-state index contributed by atoms with van der Waals surface area (Å²) in [6.45, 7) is 12.5. The highest BCUT2D eigenvalue weighted by Crippen LogP contribution is 2.32. The number of hydrogen-bond acceptors (Lipinski definition) is 4. The first kappa shape index (κ1) is 21.4. The van der Waals surface area contributed by atoms with Crippen molar-refractivity contribution in [2.24, 2.45) is 0 Å². The Labute approximate surface area is 187 Å². The molecule has 1 amide bonds. The number of benzene rings is 2. The van der Waals surface area contributed by atoms with Crippen LogP contribution < -0.4 is 5.32 Å². The molecule has 1 atom stereocenters. The summed E-state index contributed by atoms with van der Waals surface area (Å²) >= 11 is 1.47. The van der Waals surface area contributed by atoms with Crippen LogP contribution in [-0.4, -0.2) is 25.8 Å². The zero-order valence-electron chi connectivity index (χ0n) is 18.9. The molecule has 4 rings (SSSR count). The van der Waals surface area contributed by atoms with Crippen molar-refractivity contribution in [3.8, 4) is 0 Å². The van der Waals surface area contributed by atoms with E-state index >= 15 is 0 Å². The van der Waals surface area contributed by atoms with E-state index in [1.165, 1.54) is 33.8 Å². The van der Waals surface area contributed by atoms with Gasteiger partial charge in [0.05, 0.1) is 10.8 Å². The van der Waals surface area contributed by atoms with Crippen LogP contribution in [0.5, 0.6) is 0 Å². The van der Waals surface area contributed by atoms with E-state index in [0.717, 1.165) is 33.1 Å². The fourth-order valence-corrected chi connectivity index (χ4v) is 5.00. The quantitative estimate of drug-likeness (QED) is 0.397. The number of aromatic nitrogens is 3. The third kappa shape index (κ3) is 3.92. The maximum Gasteiger partial charge on any atom is 0.237 e. The first-order valence-corrected chi connectivity index (χ1v) is 11.5. The Morgan fingerprint density at radius 1 is 1.03 bits per heavy atom. The second-order valence-corrected chi connectivity index (χ2v) is 9.40. The minimum Gasteiger partial charge on any atom is -0.325 e. The van der Waals surface area contributed by atoms with Crippen LogP contribution in [0.4, 0.5) is 5.69 Å². The normalized spacial score (nSPS) is 12.5. The van der Waals surface area contributed by atoms with Crippen molar-refractivity contribution in [1.82, 2.24) is 14.6 Å². The maximum absolute atomic E-state index is 13.1. The molecule has 6 heteroatoms. The van der Waals surface area contributed by atoms with Crippen molar-refractivity contribution in [2.75, 3.05) is 5.32 Å². The van der Waals surface area contributed by atoms with Gasteiger partial charge >= 0.3 is 0 Å². The van der Waals surface area contributed by atoms with Crippen molar-refractivity contribution in [2.45, 2.75) is 58.4 Å². The molecule has 0 spiro atoms. The number of rotatable bonds is 5. The highest BCUT2D eigenvalue weighted by Gasteiger charge is 2.23. The van der Waals surface area contributed by atoms with Crippen LogP contribution in [-0.2, 0) is 4.79 Å². The third-order valence-corrected chi connectivity index (χ3v) is 7.18. The number of pyridine rings is 1. The second kappa shape index (κ2) is 8.35. The Kier molecular flexibility index (Phi) is 5.75. The predicted molar refractivity (Wildman–Crippen MR) is 129 cm³/mol. The minimum absolute atomic E-state index is 0.0121. The number of amides is 1. The molecule has 0 aliphatic carbocycles. The molecule has 0 bridgehead atoms. The fourth-order valence-electron chi connectivity index (χ4n) is 4.04. The van der Waals surface area contributed by atoms with Gasteiger partial charge in [0.1, 0.15) is 0 Å². The summed E-state index contributed by atoms with van der Waals surface area (Å²) in [6, 6.07) is 12.4. The molecule has 1 unspecified atom stereocenters. The third-order valence-electron chi connectivity index (χ3n) is 5.87. The number of carbonyl (C=O) groups is 1. The van der Waals surface area contributed by atoms with Gasteiger partial charge in [0.25, 0.3) is 0 Å². The average Bonchev–Trinajstić information content (AvgIpc) is 3.11. The van der Waals surface area contributed by atoms with E-state index in [4.69, 9.17) is 0 Å². The highest BCUT2D eigenvalue weighted by molar-refractivity contribution is 8.00. The summed E-state index contributed by atoms with van der Waals surface area (Å²) in [5, 5.41) is 13.6. The first-order valence-electron chi connectivity index (χ1n) is 10.6. The number of anilines is 1. The number of nitrogens with one attached hydrogen (secondary N) is 1. The van der Waals surface area contributed by atoms with Gasteiger partial charge in [0, 0.05) is 11.1 Å². The van der Waals surface area contributed by atoms with Gasteiger partial charge < -0.3 is 5.32 Å². The summed E-state index contributed by atoms with van der Waals surface area (Å²) < 4.78 is 2.09. The summed E-state index contributed by atoms with van der Waals surface area (Å²) in [4.78, 5) is 13.1. The monoisotopic (exact) mass is 432 g/mol. The number of carbonyl (C=O) groups excluding carboxylic acids is 1. The van der Waals surface area contributed by atoms with Crippen molar-refractivity contribution >= 4 is 39.9 Å². The molecule has 2 heterocycles. The van der Waals surface area contributed by atoms with Crippen molar-refractivity contribution in [3.05, 3.63) is 64.2 Å². The Bertz CT molecular complexity index is 1310. The lowest BCUT2D eigenvalue weighted by atomic mass is 10.0. The molecule has 0 fully saturated rings. The van der Waals surface area contributed by atoms with Crippen molar-refractivity contribution in [1.29, 1.82) is 0 Å². The van der Waals surface area contributed by atoms with E-state index in [-0.39, 0.29) is 11.2 Å². The number of aryl methyl sites for hydroxylation is 4. The lowest BCUT2D eigenvalue weighted by molar-refractivity contribution is -0.115. The molecule has 0 radical (unpaired) electrons. The van der Waals surface area contributed by atoms with Gasteiger partial charge in [-0.2, -0.15) is 0 Å². The highest BCUT2D eigenvalue weighted by atomic mass is 32.2. The molecule has 0 saturated carbocycles. The summed E-state index contributed by atoms with van der Waals surface area (Å²) in [6.07, 6.45) is 0.693. The smallest absolute Gasteiger partial charge is 0.237 e. The molecule has 1 N–H and O–H groups in total. The molecule has 2 aromatic carbocycles. The maximum atomic E-state index is 13.1. The molecular formula is C25H28N4OS. The minimum atomic E-state index is -0.269. The number of hydrogen-bond donors (Lipinski definition) is 1. The van der Waals surface area contributed by atoms with Gasteiger partial charge in [-0.05, 0) is 81.5 Å². The second-order valence-electron chi connectivity index (χ2n) is 8.23. The van der Waals surface area contributed by atoms with Crippen LogP contribution in [0.25, 0.3) is 16.6 Å². The zero-order valence-corrected chi connectivity index (χ0v) is 19.7. The van der Waals surface area contributed by atoms with Crippen LogP contribution in [0.3, 0.4) is 0 Å². The molecule has 2 aromatic heterocycles. The predicted octanol–water partition coefficient (Wildman–Crippen LogP) is 5.93. The fraction of sp³-hybridized carbons (Fsp3) is 0.320. The SMILES string of the molecule is CCC(Sc1nnc2cc(C)c3cc(C)cc(C)c3n12)C(=O)Nc1cccc(C)c1C. The van der Waals surface area contributed by atoms with E-state index in [1.54, 1.807) is 0 Å². The van der Waals surface area contributed by atoms with Crippen LogP contribution in [0.2, 0.25) is 0 Å². The number of nitrogens with zero attached hydrogens (tertiary/aromatic N) is 3. The van der Waals surface area contributed by atoms with E-state index in [1.807, 2.05) is 26.0 Å². The molecular weight excluding hydrogens is 404 g/mol. The van der Waals surface area contributed by atoms with E-state index in [2.05, 4.69) is 71.9 Å². The van der Waals surface area contributed by atoms with Crippen LogP contribution in [0.15, 0.2) is 41.6 Å². The van der Waals surface area contributed by atoms with E-state index in [9.17, 15) is 4.79 Å². The standard InChI is InChI=1S/C25H28N4OS/c1-7-21(24(30)26-20-10-8-9-15(3)18(20)6)31-25-28-27-22-13-16(4)19-12-14(2)11-17(5)23(19)29(22)25/h8-13,21H,7H2,1-6H3,(H,26,30).